The Hall–Kier alpha value is -1.10. The number of ether oxygens (including phenoxy) is 1. The summed E-state index contributed by atoms with van der Waals surface area (Å²) in [4.78, 5) is 15.5. The van der Waals surface area contributed by atoms with Crippen LogP contribution in [0, 0.1) is 5.92 Å². The summed E-state index contributed by atoms with van der Waals surface area (Å²) in [6.07, 6.45) is 5.25. The molecule has 5 heteroatoms. The first-order valence-electron chi connectivity index (χ1n) is 9.40. The van der Waals surface area contributed by atoms with E-state index in [1.165, 1.54) is 0 Å². The Morgan fingerprint density at radius 2 is 2.04 bits per heavy atom. The Balaban J connectivity index is 1.58. The van der Waals surface area contributed by atoms with Gasteiger partial charge in [0.15, 0.2) is 0 Å². The fraction of sp³-hybridized carbons (Fsp3) is 0.650. The van der Waals surface area contributed by atoms with Crippen molar-refractivity contribution in [1.82, 2.24) is 10.2 Å². The zero-order valence-corrected chi connectivity index (χ0v) is 15.9. The van der Waals surface area contributed by atoms with Gasteiger partial charge in [0.05, 0.1) is 12.0 Å². The molecule has 3 rings (SSSR count). The maximum Gasteiger partial charge on any atom is 0.230 e. The van der Waals surface area contributed by atoms with Gasteiger partial charge in [-0.3, -0.25) is 4.79 Å². The Morgan fingerprint density at radius 3 is 2.72 bits per heavy atom. The van der Waals surface area contributed by atoms with Crippen LogP contribution >= 0.6 is 11.6 Å². The van der Waals surface area contributed by atoms with Gasteiger partial charge in [-0.15, -0.1) is 0 Å². The Morgan fingerprint density at radius 1 is 1.32 bits per heavy atom. The molecule has 0 bridgehead atoms. The van der Waals surface area contributed by atoms with E-state index in [9.17, 15) is 4.79 Å². The highest BCUT2D eigenvalue weighted by Crippen LogP contribution is 2.41. The fourth-order valence-corrected chi connectivity index (χ4v) is 4.43. The lowest BCUT2D eigenvalue weighted by Crippen LogP contribution is -2.44. The van der Waals surface area contributed by atoms with Gasteiger partial charge in [0, 0.05) is 31.8 Å². The molecule has 1 aromatic rings. The SMILES string of the molecule is COCCN1CC[C@H](CNC(=O)C2(c3ccc(Cl)cc3)CCCC2)C1. The number of hydrogen-bond acceptors (Lipinski definition) is 3. The van der Waals surface area contributed by atoms with Crippen molar-refractivity contribution < 1.29 is 9.53 Å². The Kier molecular flexibility index (Phi) is 6.37. The third-order valence-electron chi connectivity index (χ3n) is 5.82. The third-order valence-corrected chi connectivity index (χ3v) is 6.07. The number of carbonyl (C=O) groups is 1. The third kappa shape index (κ3) is 4.36. The first-order chi connectivity index (χ1) is 12.1. The number of hydrogen-bond donors (Lipinski definition) is 1. The van der Waals surface area contributed by atoms with Crippen molar-refractivity contribution in [2.24, 2.45) is 5.92 Å². The largest absolute Gasteiger partial charge is 0.383 e. The van der Waals surface area contributed by atoms with Crippen LogP contribution in [0.2, 0.25) is 5.02 Å². The van der Waals surface area contributed by atoms with E-state index in [1.54, 1.807) is 7.11 Å². The molecule has 1 amide bonds. The number of nitrogens with one attached hydrogen (secondary N) is 1. The summed E-state index contributed by atoms with van der Waals surface area (Å²) in [5.41, 5.74) is 0.749. The number of rotatable bonds is 7. The number of amides is 1. The van der Waals surface area contributed by atoms with Crippen LogP contribution in [-0.4, -0.2) is 50.7 Å². The van der Waals surface area contributed by atoms with Crippen molar-refractivity contribution in [3.05, 3.63) is 34.9 Å². The minimum absolute atomic E-state index is 0.197. The lowest BCUT2D eigenvalue weighted by Gasteiger charge is -2.29. The maximum atomic E-state index is 13.1. The molecule has 1 aliphatic heterocycles. The van der Waals surface area contributed by atoms with E-state index in [0.29, 0.717) is 5.92 Å². The minimum atomic E-state index is -0.362. The van der Waals surface area contributed by atoms with Crippen LogP contribution in [0.4, 0.5) is 0 Å². The fourth-order valence-electron chi connectivity index (χ4n) is 4.30. The number of benzene rings is 1. The molecule has 25 heavy (non-hydrogen) atoms. The van der Waals surface area contributed by atoms with Crippen LogP contribution in [0.15, 0.2) is 24.3 Å². The molecule has 4 nitrogen and oxygen atoms in total. The number of likely N-dealkylation sites (tertiary alicyclic amines) is 1. The van der Waals surface area contributed by atoms with E-state index >= 15 is 0 Å². The van der Waals surface area contributed by atoms with Crippen LogP contribution < -0.4 is 5.32 Å². The molecule has 1 N–H and O–H groups in total. The van der Waals surface area contributed by atoms with Crippen molar-refractivity contribution in [2.75, 3.05) is 39.9 Å². The van der Waals surface area contributed by atoms with E-state index in [0.717, 1.165) is 75.5 Å². The van der Waals surface area contributed by atoms with Gasteiger partial charge in [-0.05, 0) is 49.4 Å². The Bertz CT molecular complexity index is 570. The molecule has 0 radical (unpaired) electrons. The van der Waals surface area contributed by atoms with Gasteiger partial charge in [-0.25, -0.2) is 0 Å². The molecule has 1 saturated heterocycles. The Labute approximate surface area is 155 Å². The molecule has 1 aromatic carbocycles. The van der Waals surface area contributed by atoms with Gasteiger partial charge in [0.1, 0.15) is 0 Å². The summed E-state index contributed by atoms with van der Waals surface area (Å²) < 4.78 is 5.15. The smallest absolute Gasteiger partial charge is 0.230 e. The predicted molar refractivity (Wildman–Crippen MR) is 101 cm³/mol. The van der Waals surface area contributed by atoms with Crippen molar-refractivity contribution in [3.63, 3.8) is 0 Å². The number of carbonyl (C=O) groups excluding carboxylic acids is 1. The number of nitrogens with zero attached hydrogens (tertiary/aromatic N) is 1. The molecule has 0 aromatic heterocycles. The summed E-state index contributed by atoms with van der Waals surface area (Å²) in [5, 5.41) is 3.99. The zero-order chi connectivity index (χ0) is 17.7. The van der Waals surface area contributed by atoms with E-state index in [2.05, 4.69) is 10.2 Å². The second-order valence-electron chi connectivity index (χ2n) is 7.45. The van der Waals surface area contributed by atoms with E-state index in [1.807, 2.05) is 24.3 Å². The molecule has 2 fully saturated rings. The van der Waals surface area contributed by atoms with Crippen LogP contribution in [0.1, 0.15) is 37.7 Å². The van der Waals surface area contributed by atoms with E-state index in [-0.39, 0.29) is 11.3 Å². The predicted octanol–water partition coefficient (Wildman–Crippen LogP) is 3.24. The average Bonchev–Trinajstić information content (AvgIpc) is 3.29. The van der Waals surface area contributed by atoms with Gasteiger partial charge >= 0.3 is 0 Å². The molecule has 0 unspecified atom stereocenters. The lowest BCUT2D eigenvalue weighted by atomic mass is 9.78. The highest BCUT2D eigenvalue weighted by Gasteiger charge is 2.42. The van der Waals surface area contributed by atoms with Crippen molar-refractivity contribution in [1.29, 1.82) is 0 Å². The van der Waals surface area contributed by atoms with E-state index < -0.39 is 0 Å². The average molecular weight is 365 g/mol. The van der Waals surface area contributed by atoms with Crippen molar-refractivity contribution in [3.8, 4) is 0 Å². The standard InChI is InChI=1S/C20H29ClN2O2/c1-25-13-12-23-11-8-16(15-23)14-22-19(24)20(9-2-3-10-20)17-4-6-18(21)7-5-17/h4-7,16H,2-3,8-15H2,1H3,(H,22,24)/t16-/m1/s1. The van der Waals surface area contributed by atoms with Gasteiger partial charge in [-0.2, -0.15) is 0 Å². The van der Waals surface area contributed by atoms with Crippen LogP contribution in [0.3, 0.4) is 0 Å². The van der Waals surface area contributed by atoms with Gasteiger partial charge in [0.25, 0.3) is 0 Å². The second-order valence-corrected chi connectivity index (χ2v) is 7.89. The molecule has 1 saturated carbocycles. The van der Waals surface area contributed by atoms with Gasteiger partial charge in [0.2, 0.25) is 5.91 Å². The maximum absolute atomic E-state index is 13.1. The number of halogens is 1. The summed E-state index contributed by atoms with van der Waals surface area (Å²) >= 11 is 6.03. The second kappa shape index (κ2) is 8.52. The summed E-state index contributed by atoms with van der Waals surface area (Å²) in [5.74, 6) is 0.743. The summed E-state index contributed by atoms with van der Waals surface area (Å²) in [6.45, 7) is 4.69. The first-order valence-corrected chi connectivity index (χ1v) is 9.77. The minimum Gasteiger partial charge on any atom is -0.383 e. The lowest BCUT2D eigenvalue weighted by molar-refractivity contribution is -0.126. The molecule has 2 aliphatic rings. The summed E-state index contributed by atoms with van der Waals surface area (Å²) in [6, 6.07) is 7.84. The highest BCUT2D eigenvalue weighted by atomic mass is 35.5. The molecular weight excluding hydrogens is 336 g/mol. The van der Waals surface area contributed by atoms with Crippen LogP contribution in [-0.2, 0) is 14.9 Å². The molecule has 1 aliphatic carbocycles. The molecule has 1 heterocycles. The molecule has 1 atom stereocenters. The topological polar surface area (TPSA) is 41.6 Å². The normalized spacial score (nSPS) is 23.0. The van der Waals surface area contributed by atoms with E-state index in [4.69, 9.17) is 16.3 Å². The summed E-state index contributed by atoms with van der Waals surface area (Å²) in [7, 11) is 1.74. The van der Waals surface area contributed by atoms with Crippen molar-refractivity contribution >= 4 is 17.5 Å². The van der Waals surface area contributed by atoms with Crippen LogP contribution in [0.25, 0.3) is 0 Å². The van der Waals surface area contributed by atoms with Crippen LogP contribution in [0.5, 0.6) is 0 Å². The first kappa shape index (κ1) is 18.7. The quantitative estimate of drug-likeness (QED) is 0.807. The van der Waals surface area contributed by atoms with Gasteiger partial charge < -0.3 is 15.0 Å². The van der Waals surface area contributed by atoms with Gasteiger partial charge in [-0.1, -0.05) is 36.6 Å². The highest BCUT2D eigenvalue weighted by molar-refractivity contribution is 6.30. The zero-order valence-electron chi connectivity index (χ0n) is 15.1. The molecular formula is C20H29ClN2O2. The molecule has 0 spiro atoms. The molecule has 138 valence electrons. The van der Waals surface area contributed by atoms with Crippen molar-refractivity contribution in [2.45, 2.75) is 37.5 Å². The monoisotopic (exact) mass is 364 g/mol. The number of methoxy groups -OCH3 is 1.